The second-order valence-electron chi connectivity index (χ2n) is 9.59. The first-order valence-electron chi connectivity index (χ1n) is 11.6. The topological polar surface area (TPSA) is 135 Å². The lowest BCUT2D eigenvalue weighted by atomic mass is 10.0. The largest absolute Gasteiger partial charge is 0.382 e. The monoisotopic (exact) mass is 490 g/mol. The summed E-state index contributed by atoms with van der Waals surface area (Å²) in [6, 6.07) is 1.93. The number of fused-ring (bicyclic) bond motifs is 1. The van der Waals surface area contributed by atoms with Crippen LogP contribution in [0.2, 0.25) is 0 Å². The van der Waals surface area contributed by atoms with Crippen molar-refractivity contribution in [1.29, 1.82) is 0 Å². The predicted molar refractivity (Wildman–Crippen MR) is 134 cm³/mol. The number of H-pyrrole nitrogens is 1. The van der Waals surface area contributed by atoms with Crippen LogP contribution >= 0.6 is 0 Å². The van der Waals surface area contributed by atoms with Crippen LogP contribution in [0.5, 0.6) is 0 Å². The third-order valence-electron chi connectivity index (χ3n) is 6.83. The van der Waals surface area contributed by atoms with E-state index in [-0.39, 0.29) is 23.3 Å². The Labute approximate surface area is 199 Å². The SMILES string of the molecule is CC(C)[C@H](C)n1cc(-c2cc(N3CCN(S(=O)(=O)C(C)C)CC3)n(C)n2)c2[nH]nc(N)c2c1=O. The molecule has 1 aliphatic heterocycles. The van der Waals surface area contributed by atoms with E-state index in [1.807, 2.05) is 26.2 Å². The van der Waals surface area contributed by atoms with Gasteiger partial charge >= 0.3 is 0 Å². The van der Waals surface area contributed by atoms with Gasteiger partial charge in [0.2, 0.25) is 10.0 Å². The molecule has 1 atom stereocenters. The number of anilines is 2. The van der Waals surface area contributed by atoms with Crippen molar-refractivity contribution in [2.24, 2.45) is 13.0 Å². The number of aromatic amines is 1. The number of aryl methyl sites for hydroxylation is 1. The molecule has 0 spiro atoms. The van der Waals surface area contributed by atoms with E-state index in [2.05, 4.69) is 28.9 Å². The van der Waals surface area contributed by atoms with Crippen molar-refractivity contribution < 1.29 is 8.42 Å². The Kier molecular flexibility index (Phi) is 6.23. The van der Waals surface area contributed by atoms with E-state index in [9.17, 15) is 13.2 Å². The summed E-state index contributed by atoms with van der Waals surface area (Å²) < 4.78 is 30.1. The van der Waals surface area contributed by atoms with Crippen LogP contribution in [0.15, 0.2) is 17.1 Å². The Hall–Kier alpha value is -2.86. The van der Waals surface area contributed by atoms with Gasteiger partial charge < -0.3 is 15.2 Å². The Bertz CT molecular complexity index is 1360. The Morgan fingerprint density at radius 3 is 2.32 bits per heavy atom. The molecule has 4 heterocycles. The first kappa shape index (κ1) is 24.3. The zero-order valence-electron chi connectivity index (χ0n) is 20.6. The van der Waals surface area contributed by atoms with Crippen molar-refractivity contribution in [2.75, 3.05) is 36.8 Å². The lowest BCUT2D eigenvalue weighted by Gasteiger charge is -2.35. The summed E-state index contributed by atoms with van der Waals surface area (Å²) in [5, 5.41) is 11.6. The second kappa shape index (κ2) is 8.73. The Morgan fingerprint density at radius 2 is 1.74 bits per heavy atom. The maximum atomic E-state index is 13.2. The van der Waals surface area contributed by atoms with E-state index in [0.29, 0.717) is 42.8 Å². The Morgan fingerprint density at radius 1 is 1.09 bits per heavy atom. The third-order valence-corrected chi connectivity index (χ3v) is 9.11. The number of aromatic nitrogens is 5. The fraction of sp³-hybridized carbons (Fsp3) is 0.591. The fourth-order valence-electron chi connectivity index (χ4n) is 4.33. The molecule has 0 amide bonds. The molecule has 4 rings (SSSR count). The van der Waals surface area contributed by atoms with Crippen LogP contribution in [-0.4, -0.2) is 68.7 Å². The standard InChI is InChI=1S/C22H34N8O3S/c1-13(2)15(5)30-12-16(20-19(22(30)31)21(23)25-24-20)17-11-18(27(6)26-17)28-7-9-29(10-8-28)34(32,33)14(3)4/h11-15H,7-10H2,1-6H3,(H3,23,24,25)/t15-/m0/s1. The van der Waals surface area contributed by atoms with Gasteiger partial charge in [-0.2, -0.15) is 14.5 Å². The average Bonchev–Trinajstić information content (AvgIpc) is 3.37. The van der Waals surface area contributed by atoms with Crippen LogP contribution in [-0.2, 0) is 17.1 Å². The van der Waals surface area contributed by atoms with Gasteiger partial charge in [-0.3, -0.25) is 14.6 Å². The molecule has 0 saturated carbocycles. The summed E-state index contributed by atoms with van der Waals surface area (Å²) in [6.45, 7) is 11.6. The number of nitrogen functional groups attached to an aromatic ring is 1. The molecule has 186 valence electrons. The van der Waals surface area contributed by atoms with Crippen LogP contribution in [0.3, 0.4) is 0 Å². The lowest BCUT2D eigenvalue weighted by molar-refractivity contribution is 0.378. The van der Waals surface area contributed by atoms with Crippen molar-refractivity contribution in [3.05, 3.63) is 22.6 Å². The molecule has 1 aliphatic rings. The van der Waals surface area contributed by atoms with Gasteiger partial charge in [0.1, 0.15) is 11.2 Å². The Balaban J connectivity index is 1.71. The summed E-state index contributed by atoms with van der Waals surface area (Å²) in [6.07, 6.45) is 1.83. The maximum absolute atomic E-state index is 13.2. The van der Waals surface area contributed by atoms with Gasteiger partial charge in [-0.1, -0.05) is 13.8 Å². The van der Waals surface area contributed by atoms with Crippen LogP contribution in [0.1, 0.15) is 40.7 Å². The highest BCUT2D eigenvalue weighted by Gasteiger charge is 2.30. The molecule has 1 fully saturated rings. The third kappa shape index (κ3) is 3.98. The van der Waals surface area contributed by atoms with E-state index in [0.717, 1.165) is 11.4 Å². The van der Waals surface area contributed by atoms with E-state index in [1.54, 1.807) is 27.4 Å². The molecule has 1 saturated heterocycles. The molecule has 0 aliphatic carbocycles. The number of nitrogens with one attached hydrogen (secondary N) is 1. The van der Waals surface area contributed by atoms with Gasteiger partial charge in [0.05, 0.1) is 16.5 Å². The van der Waals surface area contributed by atoms with Gasteiger partial charge in [0, 0.05) is 57.1 Å². The number of hydrogen-bond donors (Lipinski definition) is 2. The first-order chi connectivity index (χ1) is 15.9. The van der Waals surface area contributed by atoms with E-state index < -0.39 is 15.3 Å². The lowest BCUT2D eigenvalue weighted by Crippen LogP contribution is -2.50. The summed E-state index contributed by atoms with van der Waals surface area (Å²) in [5.41, 5.74) is 7.87. The minimum atomic E-state index is -3.27. The minimum absolute atomic E-state index is 0.0379. The van der Waals surface area contributed by atoms with Gasteiger partial charge in [-0.05, 0) is 26.7 Å². The summed E-state index contributed by atoms with van der Waals surface area (Å²) in [7, 11) is -1.41. The summed E-state index contributed by atoms with van der Waals surface area (Å²) >= 11 is 0. The molecule has 12 heteroatoms. The fourth-order valence-corrected chi connectivity index (χ4v) is 5.60. The molecule has 3 N–H and O–H groups in total. The van der Waals surface area contributed by atoms with Crippen LogP contribution < -0.4 is 16.2 Å². The number of hydrogen-bond acceptors (Lipinski definition) is 7. The molecule has 34 heavy (non-hydrogen) atoms. The minimum Gasteiger partial charge on any atom is -0.382 e. The molecule has 0 bridgehead atoms. The molecular formula is C22H34N8O3S. The number of nitrogens with zero attached hydrogens (tertiary/aromatic N) is 6. The summed E-state index contributed by atoms with van der Waals surface area (Å²) in [5.74, 6) is 1.30. The van der Waals surface area contributed by atoms with Crippen LogP contribution in [0.4, 0.5) is 11.6 Å². The zero-order chi connectivity index (χ0) is 24.9. The average molecular weight is 491 g/mol. The number of pyridine rings is 1. The van der Waals surface area contributed by atoms with Gasteiger partial charge in [-0.15, -0.1) is 0 Å². The van der Waals surface area contributed by atoms with E-state index >= 15 is 0 Å². The predicted octanol–water partition coefficient (Wildman–Crippen LogP) is 1.78. The first-order valence-corrected chi connectivity index (χ1v) is 13.1. The highest BCUT2D eigenvalue weighted by Crippen LogP contribution is 2.31. The van der Waals surface area contributed by atoms with Crippen molar-refractivity contribution in [3.63, 3.8) is 0 Å². The van der Waals surface area contributed by atoms with Crippen molar-refractivity contribution in [1.82, 2.24) is 28.9 Å². The van der Waals surface area contributed by atoms with E-state index in [4.69, 9.17) is 10.8 Å². The second-order valence-corrected chi connectivity index (χ2v) is 12.1. The normalized spacial score (nSPS) is 16.8. The van der Waals surface area contributed by atoms with Crippen molar-refractivity contribution in [3.8, 4) is 11.3 Å². The van der Waals surface area contributed by atoms with Gasteiger partial charge in [-0.25, -0.2) is 8.42 Å². The van der Waals surface area contributed by atoms with Crippen LogP contribution in [0, 0.1) is 5.92 Å². The highest BCUT2D eigenvalue weighted by molar-refractivity contribution is 7.89. The zero-order valence-corrected chi connectivity index (χ0v) is 21.4. The molecule has 0 aromatic carbocycles. The molecule has 0 unspecified atom stereocenters. The smallest absolute Gasteiger partial charge is 0.264 e. The molecule has 3 aromatic heterocycles. The van der Waals surface area contributed by atoms with Gasteiger partial charge in [0.15, 0.2) is 5.82 Å². The van der Waals surface area contributed by atoms with Crippen molar-refractivity contribution in [2.45, 2.75) is 45.9 Å². The molecule has 3 aromatic rings. The number of piperazine rings is 1. The summed E-state index contributed by atoms with van der Waals surface area (Å²) in [4.78, 5) is 15.3. The van der Waals surface area contributed by atoms with E-state index in [1.165, 1.54) is 0 Å². The number of rotatable bonds is 6. The van der Waals surface area contributed by atoms with Crippen molar-refractivity contribution >= 4 is 32.6 Å². The van der Waals surface area contributed by atoms with Gasteiger partial charge in [0.25, 0.3) is 5.56 Å². The quantitative estimate of drug-likeness (QED) is 0.538. The maximum Gasteiger partial charge on any atom is 0.264 e. The molecular weight excluding hydrogens is 456 g/mol. The number of sulfonamides is 1. The molecule has 11 nitrogen and oxygen atoms in total. The number of nitrogens with two attached hydrogens (primary N) is 1. The highest BCUT2D eigenvalue weighted by atomic mass is 32.2. The molecule has 0 radical (unpaired) electrons. The van der Waals surface area contributed by atoms with Crippen LogP contribution in [0.25, 0.3) is 22.2 Å².